The molecule has 1 aromatic rings. The largest absolute Gasteiger partial charge is 0.312 e. The highest BCUT2D eigenvalue weighted by Crippen LogP contribution is 2.18. The summed E-state index contributed by atoms with van der Waals surface area (Å²) >= 11 is 1.57. The van der Waals surface area contributed by atoms with Gasteiger partial charge in [0.15, 0.2) is 0 Å². The summed E-state index contributed by atoms with van der Waals surface area (Å²) in [4.78, 5) is 2.03. The number of hydrogen-bond donors (Lipinski definition) is 1. The zero-order chi connectivity index (χ0) is 11.3. The van der Waals surface area contributed by atoms with Gasteiger partial charge in [-0.05, 0) is 30.5 Å². The topological polar surface area (TPSA) is 35.8 Å². The van der Waals surface area contributed by atoms with Gasteiger partial charge in [-0.25, -0.2) is 0 Å². The van der Waals surface area contributed by atoms with Crippen molar-refractivity contribution < 1.29 is 0 Å². The van der Waals surface area contributed by atoms with Crippen molar-refractivity contribution in [1.29, 1.82) is 5.26 Å². The quantitative estimate of drug-likeness (QED) is 0.794. The summed E-state index contributed by atoms with van der Waals surface area (Å²) in [6, 6.07) is 6.05. The van der Waals surface area contributed by atoms with Crippen molar-refractivity contribution in [3.8, 4) is 6.07 Å². The van der Waals surface area contributed by atoms with Crippen molar-refractivity contribution >= 4 is 11.3 Å². The van der Waals surface area contributed by atoms with Crippen LogP contribution in [0.5, 0.6) is 0 Å². The molecule has 0 amide bonds. The van der Waals surface area contributed by atoms with Crippen LogP contribution in [0.4, 0.5) is 0 Å². The van der Waals surface area contributed by atoms with Crippen molar-refractivity contribution in [1.82, 2.24) is 5.32 Å². The monoisotopic (exact) mass is 222 g/mol. The number of nitrogens with one attached hydrogen (secondary N) is 1. The van der Waals surface area contributed by atoms with Gasteiger partial charge in [-0.15, -0.1) is 11.3 Å². The molecule has 1 aromatic heterocycles. The molecule has 0 saturated carbocycles. The lowest BCUT2D eigenvalue weighted by Gasteiger charge is -2.17. The van der Waals surface area contributed by atoms with Crippen molar-refractivity contribution in [2.75, 3.05) is 6.54 Å². The molecule has 0 aliphatic heterocycles. The van der Waals surface area contributed by atoms with E-state index in [-0.39, 0.29) is 0 Å². The molecule has 0 atom stereocenters. The van der Waals surface area contributed by atoms with Gasteiger partial charge in [-0.1, -0.05) is 20.8 Å². The summed E-state index contributed by atoms with van der Waals surface area (Å²) in [6.07, 6.45) is 1.17. The first-order valence-electron chi connectivity index (χ1n) is 5.21. The van der Waals surface area contributed by atoms with Crippen LogP contribution in [0.15, 0.2) is 12.1 Å². The van der Waals surface area contributed by atoms with Gasteiger partial charge in [0.25, 0.3) is 0 Å². The van der Waals surface area contributed by atoms with E-state index < -0.39 is 0 Å². The van der Waals surface area contributed by atoms with Crippen LogP contribution >= 0.6 is 11.3 Å². The number of rotatable bonds is 4. The van der Waals surface area contributed by atoms with Gasteiger partial charge in [0.05, 0.1) is 0 Å². The Balaban J connectivity index is 2.24. The van der Waals surface area contributed by atoms with Gasteiger partial charge >= 0.3 is 0 Å². The van der Waals surface area contributed by atoms with Crippen LogP contribution in [-0.4, -0.2) is 6.54 Å². The number of hydrogen-bond acceptors (Lipinski definition) is 3. The second-order valence-electron chi connectivity index (χ2n) is 4.87. The Morgan fingerprint density at radius 1 is 1.40 bits per heavy atom. The van der Waals surface area contributed by atoms with Gasteiger partial charge < -0.3 is 5.32 Å². The molecule has 0 aromatic carbocycles. The van der Waals surface area contributed by atoms with Crippen LogP contribution in [0.1, 0.15) is 36.9 Å². The molecule has 0 saturated heterocycles. The van der Waals surface area contributed by atoms with Crippen LogP contribution in [0.3, 0.4) is 0 Å². The first-order valence-corrected chi connectivity index (χ1v) is 6.02. The second-order valence-corrected chi connectivity index (χ2v) is 6.03. The molecular formula is C12H18N2S. The van der Waals surface area contributed by atoms with E-state index in [0.717, 1.165) is 18.0 Å². The van der Waals surface area contributed by atoms with E-state index in [1.165, 1.54) is 11.3 Å². The lowest BCUT2D eigenvalue weighted by atomic mass is 9.92. The molecule has 0 radical (unpaired) electrons. The van der Waals surface area contributed by atoms with Crippen LogP contribution < -0.4 is 5.32 Å². The standard InChI is InChI=1S/C12H18N2S/c1-12(2,3)6-7-14-9-11-5-4-10(8-13)15-11/h4-5,14H,6-7,9H2,1-3H3. The van der Waals surface area contributed by atoms with E-state index in [9.17, 15) is 0 Å². The minimum atomic E-state index is 0.389. The minimum Gasteiger partial charge on any atom is -0.312 e. The summed E-state index contributed by atoms with van der Waals surface area (Å²) < 4.78 is 0. The van der Waals surface area contributed by atoms with Crippen LogP contribution in [0.2, 0.25) is 0 Å². The second kappa shape index (κ2) is 5.29. The molecule has 1 heterocycles. The SMILES string of the molecule is CC(C)(C)CCNCc1ccc(C#N)s1. The third kappa shape index (κ3) is 4.96. The molecule has 1 N–H and O–H groups in total. The fourth-order valence-electron chi connectivity index (χ4n) is 1.21. The van der Waals surface area contributed by atoms with E-state index in [2.05, 4.69) is 32.2 Å². The van der Waals surface area contributed by atoms with E-state index in [1.807, 2.05) is 12.1 Å². The Bertz CT molecular complexity index is 341. The van der Waals surface area contributed by atoms with Gasteiger partial charge in [0.2, 0.25) is 0 Å². The highest BCUT2D eigenvalue weighted by atomic mass is 32.1. The lowest BCUT2D eigenvalue weighted by Crippen LogP contribution is -2.19. The molecule has 15 heavy (non-hydrogen) atoms. The Morgan fingerprint density at radius 2 is 2.13 bits per heavy atom. The van der Waals surface area contributed by atoms with E-state index in [0.29, 0.717) is 5.41 Å². The third-order valence-electron chi connectivity index (χ3n) is 2.12. The Hall–Kier alpha value is -0.850. The van der Waals surface area contributed by atoms with Gasteiger partial charge in [-0.2, -0.15) is 5.26 Å². The zero-order valence-corrected chi connectivity index (χ0v) is 10.4. The van der Waals surface area contributed by atoms with Crippen molar-refractivity contribution in [2.45, 2.75) is 33.7 Å². The van der Waals surface area contributed by atoms with Crippen LogP contribution in [0, 0.1) is 16.7 Å². The number of nitrogens with zero attached hydrogens (tertiary/aromatic N) is 1. The normalized spacial score (nSPS) is 11.3. The first kappa shape index (κ1) is 12.2. The van der Waals surface area contributed by atoms with Crippen LogP contribution in [0.25, 0.3) is 0 Å². The summed E-state index contributed by atoms with van der Waals surface area (Å²) in [5.41, 5.74) is 0.389. The highest BCUT2D eigenvalue weighted by molar-refractivity contribution is 7.12. The van der Waals surface area contributed by atoms with Crippen molar-refractivity contribution in [3.63, 3.8) is 0 Å². The maximum Gasteiger partial charge on any atom is 0.110 e. The molecule has 3 heteroatoms. The smallest absolute Gasteiger partial charge is 0.110 e. The van der Waals surface area contributed by atoms with Gasteiger partial charge in [-0.3, -0.25) is 0 Å². The average Bonchev–Trinajstić information content (AvgIpc) is 2.59. The molecule has 0 unspecified atom stereocenters. The predicted octanol–water partition coefficient (Wildman–Crippen LogP) is 3.15. The molecule has 0 spiro atoms. The summed E-state index contributed by atoms with van der Waals surface area (Å²) in [7, 11) is 0. The van der Waals surface area contributed by atoms with Crippen molar-refractivity contribution in [3.05, 3.63) is 21.9 Å². The molecule has 82 valence electrons. The van der Waals surface area contributed by atoms with Gasteiger partial charge in [0.1, 0.15) is 10.9 Å². The Labute approximate surface area is 95.9 Å². The molecule has 0 bridgehead atoms. The fourth-order valence-corrected chi connectivity index (χ4v) is 1.98. The Morgan fingerprint density at radius 3 is 2.67 bits per heavy atom. The van der Waals surface area contributed by atoms with E-state index in [1.54, 1.807) is 11.3 Å². The molecule has 2 nitrogen and oxygen atoms in total. The van der Waals surface area contributed by atoms with Crippen molar-refractivity contribution in [2.24, 2.45) is 5.41 Å². The van der Waals surface area contributed by atoms with E-state index in [4.69, 9.17) is 5.26 Å². The Kier molecular flexibility index (Phi) is 4.31. The highest BCUT2D eigenvalue weighted by Gasteiger charge is 2.08. The third-order valence-corrected chi connectivity index (χ3v) is 3.11. The summed E-state index contributed by atoms with van der Waals surface area (Å²) in [5.74, 6) is 0. The lowest BCUT2D eigenvalue weighted by molar-refractivity contribution is 0.367. The molecule has 0 fully saturated rings. The number of thiophene rings is 1. The zero-order valence-electron chi connectivity index (χ0n) is 9.63. The fraction of sp³-hybridized carbons (Fsp3) is 0.583. The van der Waals surface area contributed by atoms with E-state index >= 15 is 0 Å². The van der Waals surface area contributed by atoms with Crippen LogP contribution in [-0.2, 0) is 6.54 Å². The molecular weight excluding hydrogens is 204 g/mol. The molecule has 0 aliphatic rings. The predicted molar refractivity (Wildman–Crippen MR) is 64.8 cm³/mol. The number of nitriles is 1. The minimum absolute atomic E-state index is 0.389. The molecule has 1 rings (SSSR count). The van der Waals surface area contributed by atoms with Gasteiger partial charge in [0, 0.05) is 11.4 Å². The maximum absolute atomic E-state index is 8.67. The maximum atomic E-state index is 8.67. The summed E-state index contributed by atoms with van der Waals surface area (Å²) in [5, 5.41) is 12.1. The summed E-state index contributed by atoms with van der Waals surface area (Å²) in [6.45, 7) is 8.64. The molecule has 0 aliphatic carbocycles. The average molecular weight is 222 g/mol. The first-order chi connectivity index (χ1) is 7.01.